The molecule has 3 aliphatic heterocycles. The Kier molecular flexibility index (Phi) is 4.31. The molecule has 0 unspecified atom stereocenters. The van der Waals surface area contributed by atoms with Crippen LogP contribution in [0.3, 0.4) is 0 Å². The fraction of sp³-hybridized carbons (Fsp3) is 0.120. The topological polar surface area (TPSA) is 157 Å². The van der Waals surface area contributed by atoms with Crippen LogP contribution < -0.4 is 4.74 Å². The van der Waals surface area contributed by atoms with Crippen molar-refractivity contribution in [2.75, 3.05) is 0 Å². The molecule has 180 valence electrons. The van der Waals surface area contributed by atoms with Crippen molar-refractivity contribution < 1.29 is 53.7 Å². The number of rotatable bonds is 2. The van der Waals surface area contributed by atoms with E-state index in [0.717, 1.165) is 0 Å². The minimum Gasteiger partial charge on any atom is -0.508 e. The Bertz CT molecular complexity index is 1470. The fourth-order valence-corrected chi connectivity index (χ4v) is 4.76. The smallest absolute Gasteiger partial charge is 0.403 e. The van der Waals surface area contributed by atoms with E-state index in [9.17, 15) is 34.6 Å². The van der Waals surface area contributed by atoms with Gasteiger partial charge in [-0.1, -0.05) is 0 Å². The van der Waals surface area contributed by atoms with Crippen LogP contribution in [0.15, 0.2) is 54.6 Å². The third-order valence-electron chi connectivity index (χ3n) is 6.45. The van der Waals surface area contributed by atoms with Gasteiger partial charge in [-0.25, -0.2) is 24.0 Å². The molecule has 0 bridgehead atoms. The first kappa shape index (κ1) is 21.8. The largest absolute Gasteiger partial charge is 0.508 e. The number of esters is 1. The van der Waals surface area contributed by atoms with Gasteiger partial charge in [0.2, 0.25) is 0 Å². The lowest BCUT2D eigenvalue weighted by molar-refractivity contribution is -1.12. The number of carbonyl (C=O) groups excluding carboxylic acids is 4. The highest BCUT2D eigenvalue weighted by Gasteiger charge is 2.57. The van der Waals surface area contributed by atoms with Gasteiger partial charge in [-0.15, -0.1) is 0 Å². The average molecular weight is 490 g/mol. The minimum absolute atomic E-state index is 0.118. The van der Waals surface area contributed by atoms with Gasteiger partial charge < -0.3 is 19.7 Å². The van der Waals surface area contributed by atoms with Crippen molar-refractivity contribution in [2.45, 2.75) is 18.4 Å². The molecule has 6 rings (SSSR count). The van der Waals surface area contributed by atoms with Crippen LogP contribution in [0.1, 0.15) is 50.2 Å². The molecule has 11 heteroatoms. The number of amides is 2. The molecule has 0 atom stereocenters. The van der Waals surface area contributed by atoms with Crippen LogP contribution in [0.2, 0.25) is 0 Å². The summed E-state index contributed by atoms with van der Waals surface area (Å²) < 4.78 is 11.8. The van der Waals surface area contributed by atoms with Crippen molar-refractivity contribution in [2.24, 2.45) is 0 Å². The summed E-state index contributed by atoms with van der Waals surface area (Å²) >= 11 is 0. The zero-order valence-corrected chi connectivity index (χ0v) is 18.3. The summed E-state index contributed by atoms with van der Waals surface area (Å²) in [6.07, 6.45) is -0.545. The van der Waals surface area contributed by atoms with Crippen LogP contribution in [0, 0.1) is 0 Å². The third-order valence-corrected chi connectivity index (χ3v) is 6.45. The predicted molar refractivity (Wildman–Crippen MR) is 115 cm³/mol. The second-order valence-electron chi connectivity index (χ2n) is 8.54. The number of aromatic hydroxyl groups is 2. The number of fused-ring (bicyclic) bond motifs is 6. The second kappa shape index (κ2) is 7.13. The van der Waals surface area contributed by atoms with Crippen molar-refractivity contribution in [3.8, 4) is 23.0 Å². The molecular formula is C25H16NO10+. The number of phenols is 2. The van der Waals surface area contributed by atoms with Crippen LogP contribution in [0.5, 0.6) is 23.0 Å². The number of phenolic OH excluding ortho intramolecular Hbond substituents is 2. The Morgan fingerprint density at radius 3 is 2.00 bits per heavy atom. The Balaban J connectivity index is 1.53. The van der Waals surface area contributed by atoms with Gasteiger partial charge in [0.25, 0.3) is 0 Å². The first-order valence-electron chi connectivity index (χ1n) is 10.8. The van der Waals surface area contributed by atoms with E-state index < -0.39 is 34.2 Å². The maximum Gasteiger partial charge on any atom is 0.403 e. The number of quaternary nitrogens is 1. The number of imide groups is 1. The Morgan fingerprint density at radius 1 is 0.833 bits per heavy atom. The van der Waals surface area contributed by atoms with Crippen LogP contribution in [-0.4, -0.2) is 44.0 Å². The Hall–Kier alpha value is -4.74. The molecule has 0 saturated carbocycles. The van der Waals surface area contributed by atoms with E-state index in [2.05, 4.69) is 0 Å². The summed E-state index contributed by atoms with van der Waals surface area (Å²) in [6, 6.07) is 12.3. The number of carbonyl (C=O) groups is 4. The molecule has 3 aromatic carbocycles. The molecule has 3 heterocycles. The van der Waals surface area contributed by atoms with Crippen LogP contribution >= 0.6 is 0 Å². The van der Waals surface area contributed by atoms with Crippen molar-refractivity contribution >= 4 is 23.8 Å². The van der Waals surface area contributed by atoms with Gasteiger partial charge in [-0.3, -0.25) is 0 Å². The number of hydrogen-bond acceptors (Lipinski definition) is 10. The maximum atomic E-state index is 13.0. The SMILES string of the molecule is O=C(O[N+]1(O)C(=O)CCC1=O)c1ccc2c(c1)C1(OC2=O)c2ccc(O)cc2Oc2cc(O)ccc21. The van der Waals surface area contributed by atoms with E-state index in [1.165, 1.54) is 54.6 Å². The molecular weight excluding hydrogens is 474 g/mol. The molecule has 0 radical (unpaired) electrons. The highest BCUT2D eigenvalue weighted by molar-refractivity contribution is 6.00. The lowest BCUT2D eigenvalue weighted by Crippen LogP contribution is -2.50. The zero-order valence-electron chi connectivity index (χ0n) is 18.3. The number of ether oxygens (including phenoxy) is 2. The quantitative estimate of drug-likeness (QED) is 0.211. The average Bonchev–Trinajstić information content (AvgIpc) is 3.27. The highest BCUT2D eigenvalue weighted by Crippen LogP contribution is 2.57. The summed E-state index contributed by atoms with van der Waals surface area (Å²) in [6.45, 7) is 0. The van der Waals surface area contributed by atoms with Gasteiger partial charge in [0.1, 0.15) is 27.8 Å². The first-order chi connectivity index (χ1) is 17.1. The van der Waals surface area contributed by atoms with E-state index in [4.69, 9.17) is 14.3 Å². The van der Waals surface area contributed by atoms with Crippen molar-refractivity contribution in [1.82, 2.24) is 0 Å². The normalized spacial score (nSPS) is 18.2. The zero-order chi connectivity index (χ0) is 25.4. The van der Waals surface area contributed by atoms with Gasteiger partial charge in [-0.2, -0.15) is 5.21 Å². The molecule has 0 aromatic heterocycles. The van der Waals surface area contributed by atoms with Gasteiger partial charge in [0.15, 0.2) is 5.60 Å². The number of benzene rings is 3. The summed E-state index contributed by atoms with van der Waals surface area (Å²) in [5.41, 5.74) is -0.783. The standard InChI is InChI=1S/C25H15NO10/c27-13-2-5-16-19(10-13)34-20-11-14(28)3-6-17(20)25(16)18-9-12(1-4-15(18)24(32)35-25)23(31)36-26(33)21(29)7-8-22(26)30/h1-6,9-11,33H,7-8H2,(H-,27,28)/p+1. The summed E-state index contributed by atoms with van der Waals surface area (Å²) in [5.74, 6) is -3.78. The summed E-state index contributed by atoms with van der Waals surface area (Å²) in [7, 11) is 0. The molecule has 3 aromatic rings. The molecule has 11 nitrogen and oxygen atoms in total. The molecule has 2 amide bonds. The molecule has 3 aliphatic rings. The summed E-state index contributed by atoms with van der Waals surface area (Å²) in [4.78, 5) is 52.6. The van der Waals surface area contributed by atoms with Gasteiger partial charge in [-0.05, 0) is 42.5 Å². The van der Waals surface area contributed by atoms with E-state index in [-0.39, 0.29) is 52.5 Å². The number of hydrogen-bond donors (Lipinski definition) is 3. The predicted octanol–water partition coefficient (Wildman–Crippen LogP) is 2.79. The Morgan fingerprint density at radius 2 is 1.42 bits per heavy atom. The lowest BCUT2D eigenvalue weighted by Gasteiger charge is -2.36. The van der Waals surface area contributed by atoms with E-state index in [1.807, 2.05) is 0 Å². The van der Waals surface area contributed by atoms with Crippen LogP contribution in [0.4, 0.5) is 0 Å². The van der Waals surface area contributed by atoms with E-state index >= 15 is 0 Å². The fourth-order valence-electron chi connectivity index (χ4n) is 4.76. The highest BCUT2D eigenvalue weighted by atomic mass is 17.0. The van der Waals surface area contributed by atoms with Gasteiger partial charge in [0, 0.05) is 28.8 Å². The monoisotopic (exact) mass is 490 g/mol. The molecule has 3 N–H and O–H groups in total. The molecule has 36 heavy (non-hydrogen) atoms. The minimum atomic E-state index is -2.09. The van der Waals surface area contributed by atoms with E-state index in [0.29, 0.717) is 11.1 Å². The molecule has 1 saturated heterocycles. The van der Waals surface area contributed by atoms with Crippen molar-refractivity contribution in [3.05, 3.63) is 82.4 Å². The molecule has 1 spiro atoms. The number of hydroxylamine groups is 4. The molecule has 0 aliphatic carbocycles. The third kappa shape index (κ3) is 2.81. The first-order valence-corrected chi connectivity index (χ1v) is 10.8. The Labute approximate surface area is 201 Å². The molecule has 1 fully saturated rings. The summed E-state index contributed by atoms with van der Waals surface area (Å²) in [5, 5.41) is 30.3. The van der Waals surface area contributed by atoms with E-state index in [1.54, 1.807) is 0 Å². The second-order valence-corrected chi connectivity index (χ2v) is 8.54. The van der Waals surface area contributed by atoms with Crippen molar-refractivity contribution in [3.63, 3.8) is 0 Å². The maximum absolute atomic E-state index is 13.0. The lowest BCUT2D eigenvalue weighted by atomic mass is 9.77. The van der Waals surface area contributed by atoms with Crippen LogP contribution in [-0.2, 0) is 24.8 Å². The van der Waals surface area contributed by atoms with Gasteiger partial charge in [0.05, 0.1) is 24.0 Å². The van der Waals surface area contributed by atoms with Gasteiger partial charge >= 0.3 is 23.8 Å². The number of nitrogens with zero attached hydrogens (tertiary/aromatic N) is 1. The van der Waals surface area contributed by atoms with Crippen LogP contribution in [0.25, 0.3) is 0 Å². The van der Waals surface area contributed by atoms with Crippen molar-refractivity contribution in [1.29, 1.82) is 0 Å².